The van der Waals surface area contributed by atoms with Gasteiger partial charge < -0.3 is 9.80 Å². The molecule has 2 heterocycles. The summed E-state index contributed by atoms with van der Waals surface area (Å²) < 4.78 is 0. The van der Waals surface area contributed by atoms with E-state index in [4.69, 9.17) is 0 Å². The summed E-state index contributed by atoms with van der Waals surface area (Å²) in [4.78, 5) is 4.92. The van der Waals surface area contributed by atoms with Gasteiger partial charge in [0.25, 0.3) is 0 Å². The van der Waals surface area contributed by atoms with Crippen molar-refractivity contribution in [2.75, 3.05) is 9.80 Å². The van der Waals surface area contributed by atoms with Crippen molar-refractivity contribution in [1.29, 1.82) is 0 Å². The Morgan fingerprint density at radius 2 is 1.00 bits per heavy atom. The maximum absolute atomic E-state index is 2.54. The zero-order chi connectivity index (χ0) is 32.1. The first kappa shape index (κ1) is 26.7. The lowest BCUT2D eigenvalue weighted by Gasteiger charge is -2.37. The minimum absolute atomic E-state index is 0.141. The van der Waals surface area contributed by atoms with Crippen LogP contribution < -0.4 is 26.2 Å². The fourth-order valence-electron chi connectivity index (χ4n) is 8.78. The van der Waals surface area contributed by atoms with Crippen molar-refractivity contribution in [3.63, 3.8) is 0 Å². The lowest BCUT2D eigenvalue weighted by Crippen LogP contribution is -2.54. The standard InChI is InChI=1S/C46H29BN2/c1-3-13-33(14-4-1)48(34-15-5-2-6-16-34)35-25-28-42-40(29-35)47-39-19-8-7-17-36(39)37-18-10-20-43(46(37)47)49(42)41-27-24-32-22-21-30-11-9-12-31-23-26-38(41)45(32)44(30)31/h1-29H. The van der Waals surface area contributed by atoms with E-state index in [0.29, 0.717) is 0 Å². The predicted octanol–water partition coefficient (Wildman–Crippen LogP) is 10.3. The monoisotopic (exact) mass is 620 g/mol. The van der Waals surface area contributed by atoms with E-state index in [-0.39, 0.29) is 6.71 Å². The summed E-state index contributed by atoms with van der Waals surface area (Å²) in [6.45, 7) is 0.141. The highest BCUT2D eigenvalue weighted by Crippen LogP contribution is 2.47. The van der Waals surface area contributed by atoms with Gasteiger partial charge >= 0.3 is 0 Å². The van der Waals surface area contributed by atoms with Crippen LogP contribution in [-0.2, 0) is 0 Å². The number of para-hydroxylation sites is 2. The maximum atomic E-state index is 2.54. The van der Waals surface area contributed by atoms with E-state index in [0.717, 1.165) is 17.1 Å². The summed E-state index contributed by atoms with van der Waals surface area (Å²) in [6, 6.07) is 64.9. The molecule has 2 nitrogen and oxygen atoms in total. The Hall–Kier alpha value is -6.32. The topological polar surface area (TPSA) is 6.48 Å². The summed E-state index contributed by atoms with van der Waals surface area (Å²) in [5, 5.41) is 7.81. The smallest absolute Gasteiger partial charge is 0.248 e. The van der Waals surface area contributed by atoms with Crippen LogP contribution in [0.5, 0.6) is 0 Å². The number of anilines is 6. The summed E-state index contributed by atoms with van der Waals surface area (Å²) in [6.07, 6.45) is 0. The lowest BCUT2D eigenvalue weighted by atomic mass is 9.37. The van der Waals surface area contributed by atoms with Gasteiger partial charge in [0, 0.05) is 33.8 Å². The van der Waals surface area contributed by atoms with Gasteiger partial charge in [-0.2, -0.15) is 0 Å². The van der Waals surface area contributed by atoms with Crippen molar-refractivity contribution in [1.82, 2.24) is 0 Å². The highest BCUT2D eigenvalue weighted by molar-refractivity contribution is 7.01. The van der Waals surface area contributed by atoms with Gasteiger partial charge in [0.2, 0.25) is 6.71 Å². The summed E-state index contributed by atoms with van der Waals surface area (Å²) in [5.74, 6) is 0. The fraction of sp³-hybridized carbons (Fsp3) is 0. The molecule has 0 saturated heterocycles. The van der Waals surface area contributed by atoms with Crippen molar-refractivity contribution in [2.45, 2.75) is 0 Å². The van der Waals surface area contributed by atoms with Crippen LogP contribution in [-0.4, -0.2) is 6.71 Å². The molecule has 3 heteroatoms. The molecular weight excluding hydrogens is 591 g/mol. The van der Waals surface area contributed by atoms with Gasteiger partial charge in [0.1, 0.15) is 0 Å². The Kier molecular flexibility index (Phi) is 5.50. The molecule has 49 heavy (non-hydrogen) atoms. The summed E-state index contributed by atoms with van der Waals surface area (Å²) in [7, 11) is 0. The van der Waals surface area contributed by atoms with Gasteiger partial charge in [-0.05, 0) is 104 Å². The minimum Gasteiger partial charge on any atom is -0.311 e. The molecule has 0 spiro atoms. The molecule has 0 aromatic heterocycles. The second-order valence-electron chi connectivity index (χ2n) is 13.3. The number of hydrogen-bond acceptors (Lipinski definition) is 2. The molecule has 0 atom stereocenters. The predicted molar refractivity (Wildman–Crippen MR) is 210 cm³/mol. The molecule has 11 rings (SSSR count). The van der Waals surface area contributed by atoms with Crippen LogP contribution in [0.3, 0.4) is 0 Å². The van der Waals surface area contributed by atoms with E-state index in [1.54, 1.807) is 0 Å². The molecule has 2 aliphatic rings. The average molecular weight is 621 g/mol. The highest BCUT2D eigenvalue weighted by atomic mass is 15.2. The zero-order valence-corrected chi connectivity index (χ0v) is 26.7. The number of fused-ring (bicyclic) bond motifs is 5. The first-order valence-corrected chi connectivity index (χ1v) is 17.1. The third-order valence-electron chi connectivity index (χ3n) is 10.8. The number of rotatable bonds is 4. The second kappa shape index (κ2) is 10.1. The Morgan fingerprint density at radius 1 is 0.388 bits per heavy atom. The van der Waals surface area contributed by atoms with E-state index < -0.39 is 0 Å². The van der Waals surface area contributed by atoms with Gasteiger partial charge in [-0.3, -0.25) is 0 Å². The highest BCUT2D eigenvalue weighted by Gasteiger charge is 2.42. The maximum Gasteiger partial charge on any atom is 0.248 e. The van der Waals surface area contributed by atoms with E-state index >= 15 is 0 Å². The van der Waals surface area contributed by atoms with Crippen LogP contribution in [0.2, 0.25) is 0 Å². The largest absolute Gasteiger partial charge is 0.311 e. The lowest BCUT2D eigenvalue weighted by molar-refractivity contribution is 1.27. The van der Waals surface area contributed by atoms with Crippen molar-refractivity contribution in [2.24, 2.45) is 0 Å². The molecule has 2 aliphatic heterocycles. The third-order valence-corrected chi connectivity index (χ3v) is 10.8. The quantitative estimate of drug-likeness (QED) is 0.143. The molecule has 0 amide bonds. The van der Waals surface area contributed by atoms with Gasteiger partial charge in [-0.15, -0.1) is 0 Å². The SMILES string of the molecule is c1ccc(N(c2ccccc2)c2ccc3c(c2)B2c4ccccc4-c4cccc(c42)N3c2ccc3ccc4cccc5ccc2c3c45)cc1. The molecule has 226 valence electrons. The molecule has 0 saturated carbocycles. The minimum atomic E-state index is 0.141. The Morgan fingerprint density at radius 3 is 1.78 bits per heavy atom. The van der Waals surface area contributed by atoms with Crippen LogP contribution in [0.4, 0.5) is 34.1 Å². The number of nitrogens with zero attached hydrogens (tertiary/aromatic N) is 2. The molecule has 9 aromatic carbocycles. The fourth-order valence-corrected chi connectivity index (χ4v) is 8.78. The summed E-state index contributed by atoms with van der Waals surface area (Å²) >= 11 is 0. The normalized spacial score (nSPS) is 12.8. The molecular formula is C46H29BN2. The molecule has 0 N–H and O–H groups in total. The molecule has 0 aliphatic carbocycles. The van der Waals surface area contributed by atoms with Crippen LogP contribution >= 0.6 is 0 Å². The van der Waals surface area contributed by atoms with Gasteiger partial charge in [0.05, 0.1) is 5.69 Å². The zero-order valence-electron chi connectivity index (χ0n) is 26.7. The van der Waals surface area contributed by atoms with E-state index in [1.165, 1.54) is 76.9 Å². The Labute approximate surface area is 285 Å². The van der Waals surface area contributed by atoms with Crippen LogP contribution in [0.25, 0.3) is 43.4 Å². The number of benzene rings is 9. The van der Waals surface area contributed by atoms with Crippen LogP contribution in [0.15, 0.2) is 176 Å². The molecule has 0 fully saturated rings. The first-order valence-electron chi connectivity index (χ1n) is 17.1. The van der Waals surface area contributed by atoms with Gasteiger partial charge in [-0.25, -0.2) is 0 Å². The average Bonchev–Trinajstić information content (AvgIpc) is 3.51. The Bertz CT molecular complexity index is 2680. The van der Waals surface area contributed by atoms with E-state index in [1.807, 2.05) is 0 Å². The Balaban J connectivity index is 1.21. The van der Waals surface area contributed by atoms with Crippen molar-refractivity contribution in [3.05, 3.63) is 176 Å². The molecule has 0 unspecified atom stereocenters. The van der Waals surface area contributed by atoms with Gasteiger partial charge in [-0.1, -0.05) is 127 Å². The van der Waals surface area contributed by atoms with E-state index in [9.17, 15) is 0 Å². The van der Waals surface area contributed by atoms with Crippen molar-refractivity contribution in [3.8, 4) is 11.1 Å². The summed E-state index contributed by atoms with van der Waals surface area (Å²) in [5.41, 5.74) is 13.9. The third kappa shape index (κ3) is 3.73. The van der Waals surface area contributed by atoms with Crippen molar-refractivity contribution < 1.29 is 0 Å². The molecule has 0 bridgehead atoms. The van der Waals surface area contributed by atoms with Crippen LogP contribution in [0.1, 0.15) is 0 Å². The molecule has 0 radical (unpaired) electrons. The van der Waals surface area contributed by atoms with Gasteiger partial charge in [0.15, 0.2) is 0 Å². The van der Waals surface area contributed by atoms with Crippen LogP contribution in [0, 0.1) is 0 Å². The molecule has 9 aromatic rings. The number of hydrogen-bond donors (Lipinski definition) is 0. The van der Waals surface area contributed by atoms with Crippen molar-refractivity contribution >= 4 is 89.5 Å². The van der Waals surface area contributed by atoms with E-state index in [2.05, 4.69) is 186 Å². The first-order chi connectivity index (χ1) is 24.3. The second-order valence-corrected chi connectivity index (χ2v) is 13.3.